The fourth-order valence-electron chi connectivity index (χ4n) is 2.24. The van der Waals surface area contributed by atoms with Gasteiger partial charge < -0.3 is 11.1 Å². The van der Waals surface area contributed by atoms with Crippen molar-refractivity contribution in [2.75, 3.05) is 6.54 Å². The van der Waals surface area contributed by atoms with Crippen molar-refractivity contribution in [3.8, 4) is 0 Å². The molecule has 0 saturated heterocycles. The average Bonchev–Trinajstić information content (AvgIpc) is 2.45. The van der Waals surface area contributed by atoms with E-state index in [4.69, 9.17) is 5.73 Å². The highest BCUT2D eigenvalue weighted by Crippen LogP contribution is 2.25. The van der Waals surface area contributed by atoms with Gasteiger partial charge in [0.25, 0.3) is 0 Å². The third-order valence-electron chi connectivity index (χ3n) is 3.18. The van der Waals surface area contributed by atoms with E-state index in [9.17, 15) is 4.79 Å². The Morgan fingerprint density at radius 3 is 2.43 bits per heavy atom. The van der Waals surface area contributed by atoms with Crippen LogP contribution in [0, 0.1) is 5.92 Å². The zero-order valence-corrected chi connectivity index (χ0v) is 9.09. The van der Waals surface area contributed by atoms with Gasteiger partial charge in [-0.2, -0.15) is 0 Å². The van der Waals surface area contributed by atoms with Crippen LogP contribution in [0.5, 0.6) is 0 Å². The van der Waals surface area contributed by atoms with E-state index in [1.54, 1.807) is 0 Å². The van der Waals surface area contributed by atoms with Crippen molar-refractivity contribution in [1.82, 2.24) is 5.32 Å². The van der Waals surface area contributed by atoms with Gasteiger partial charge in [0.2, 0.25) is 5.91 Å². The van der Waals surface area contributed by atoms with Crippen molar-refractivity contribution in [1.29, 1.82) is 0 Å². The number of hydrogen-bond acceptors (Lipinski definition) is 2. The van der Waals surface area contributed by atoms with Crippen molar-refractivity contribution in [2.24, 2.45) is 11.7 Å². The first-order valence-corrected chi connectivity index (χ1v) is 5.73. The molecule has 1 rings (SSSR count). The molecule has 3 nitrogen and oxygen atoms in total. The maximum absolute atomic E-state index is 11.1. The second-order valence-electron chi connectivity index (χ2n) is 4.31. The summed E-state index contributed by atoms with van der Waals surface area (Å²) in [7, 11) is 0. The van der Waals surface area contributed by atoms with E-state index in [0.717, 1.165) is 0 Å². The van der Waals surface area contributed by atoms with Crippen LogP contribution in [0.4, 0.5) is 0 Å². The van der Waals surface area contributed by atoms with Crippen molar-refractivity contribution < 1.29 is 4.79 Å². The molecule has 14 heavy (non-hydrogen) atoms. The van der Waals surface area contributed by atoms with Gasteiger partial charge in [0.15, 0.2) is 0 Å². The topological polar surface area (TPSA) is 55.1 Å². The Kier molecular flexibility index (Phi) is 4.94. The van der Waals surface area contributed by atoms with E-state index in [1.165, 1.54) is 38.5 Å². The fourth-order valence-corrected chi connectivity index (χ4v) is 2.24. The lowest BCUT2D eigenvalue weighted by atomic mass is 9.93. The van der Waals surface area contributed by atoms with Crippen LogP contribution in [0.2, 0.25) is 0 Å². The van der Waals surface area contributed by atoms with Gasteiger partial charge in [-0.1, -0.05) is 25.7 Å². The third-order valence-corrected chi connectivity index (χ3v) is 3.18. The Morgan fingerprint density at radius 1 is 1.36 bits per heavy atom. The highest BCUT2D eigenvalue weighted by molar-refractivity contribution is 5.78. The summed E-state index contributed by atoms with van der Waals surface area (Å²) in [5.41, 5.74) is 5.27. The summed E-state index contributed by atoms with van der Waals surface area (Å²) in [5, 5.41) is 2.96. The summed E-state index contributed by atoms with van der Waals surface area (Å²) in [6.45, 7) is 2.21. The molecule has 0 radical (unpaired) electrons. The predicted octanol–water partition coefficient (Wildman–Crippen LogP) is 1.42. The van der Waals surface area contributed by atoms with Crippen molar-refractivity contribution in [3.05, 3.63) is 0 Å². The molecule has 3 N–H and O–H groups in total. The number of hydrogen-bond donors (Lipinski definition) is 2. The summed E-state index contributed by atoms with van der Waals surface area (Å²) in [4.78, 5) is 11.1. The largest absolute Gasteiger partial charge is 0.352 e. The van der Waals surface area contributed by atoms with Gasteiger partial charge in [-0.15, -0.1) is 0 Å². The van der Waals surface area contributed by atoms with Gasteiger partial charge in [-0.05, 0) is 25.7 Å². The molecule has 0 heterocycles. The van der Waals surface area contributed by atoms with Gasteiger partial charge in [0.05, 0.1) is 6.54 Å². The summed E-state index contributed by atoms with van der Waals surface area (Å²) >= 11 is 0. The lowest BCUT2D eigenvalue weighted by molar-refractivity contribution is -0.120. The van der Waals surface area contributed by atoms with E-state index in [-0.39, 0.29) is 12.5 Å². The maximum Gasteiger partial charge on any atom is 0.233 e. The molecule has 0 aromatic carbocycles. The van der Waals surface area contributed by atoms with Crippen LogP contribution in [0.1, 0.15) is 45.4 Å². The zero-order chi connectivity index (χ0) is 10.4. The van der Waals surface area contributed by atoms with Gasteiger partial charge >= 0.3 is 0 Å². The van der Waals surface area contributed by atoms with Crippen molar-refractivity contribution in [3.63, 3.8) is 0 Å². The number of nitrogens with two attached hydrogens (primary N) is 1. The Balaban J connectivity index is 2.33. The van der Waals surface area contributed by atoms with Crippen LogP contribution < -0.4 is 11.1 Å². The van der Waals surface area contributed by atoms with Crippen molar-refractivity contribution >= 4 is 5.91 Å². The van der Waals surface area contributed by atoms with Crippen LogP contribution in [-0.4, -0.2) is 18.5 Å². The number of nitrogens with one attached hydrogen (secondary N) is 1. The molecule has 0 bridgehead atoms. The molecule has 0 aliphatic heterocycles. The smallest absolute Gasteiger partial charge is 0.233 e. The summed E-state index contributed by atoms with van der Waals surface area (Å²) < 4.78 is 0. The van der Waals surface area contributed by atoms with Gasteiger partial charge in [0.1, 0.15) is 0 Å². The highest BCUT2D eigenvalue weighted by Gasteiger charge is 2.19. The molecule has 0 unspecified atom stereocenters. The van der Waals surface area contributed by atoms with E-state index < -0.39 is 0 Å². The molecule has 82 valence electrons. The molecule has 3 heteroatoms. The predicted molar refractivity (Wildman–Crippen MR) is 57.9 cm³/mol. The summed E-state index contributed by atoms with van der Waals surface area (Å²) in [5.74, 6) is 0.634. The van der Waals surface area contributed by atoms with Crippen LogP contribution in [0.25, 0.3) is 0 Å². The molecule has 1 aliphatic carbocycles. The molecule has 0 aromatic rings. The Hall–Kier alpha value is -0.570. The maximum atomic E-state index is 11.1. The number of rotatable bonds is 3. The summed E-state index contributed by atoms with van der Waals surface area (Å²) in [6.07, 6.45) is 7.85. The lowest BCUT2D eigenvalue weighted by Gasteiger charge is -2.23. The van der Waals surface area contributed by atoms with Crippen LogP contribution in [0.15, 0.2) is 0 Å². The standard InChI is InChI=1S/C11H22N2O/c1-9(13-11(14)8-12)10-6-4-2-3-5-7-10/h9-10H,2-8,12H2,1H3,(H,13,14)/t9-/m1/s1. The van der Waals surface area contributed by atoms with E-state index >= 15 is 0 Å². The normalized spacial score (nSPS) is 21.3. The molecular weight excluding hydrogens is 176 g/mol. The third kappa shape index (κ3) is 3.66. The molecule has 1 saturated carbocycles. The number of amides is 1. The monoisotopic (exact) mass is 198 g/mol. The summed E-state index contributed by atoms with van der Waals surface area (Å²) in [6, 6.07) is 0.296. The number of carbonyl (C=O) groups is 1. The van der Waals surface area contributed by atoms with Crippen LogP contribution in [0.3, 0.4) is 0 Å². The second kappa shape index (κ2) is 6.02. The van der Waals surface area contributed by atoms with E-state index in [0.29, 0.717) is 12.0 Å². The quantitative estimate of drug-likeness (QED) is 0.674. The lowest BCUT2D eigenvalue weighted by Crippen LogP contribution is -2.41. The Bertz CT molecular complexity index is 174. The first kappa shape index (κ1) is 11.5. The minimum absolute atomic E-state index is 0.0262. The Labute approximate surface area is 86.4 Å². The van der Waals surface area contributed by atoms with E-state index in [2.05, 4.69) is 12.2 Å². The number of carbonyl (C=O) groups excluding carboxylic acids is 1. The first-order chi connectivity index (χ1) is 6.74. The average molecular weight is 198 g/mol. The second-order valence-corrected chi connectivity index (χ2v) is 4.31. The first-order valence-electron chi connectivity index (χ1n) is 5.73. The van der Waals surface area contributed by atoms with Crippen LogP contribution >= 0.6 is 0 Å². The van der Waals surface area contributed by atoms with Gasteiger partial charge in [-0.25, -0.2) is 0 Å². The highest BCUT2D eigenvalue weighted by atomic mass is 16.1. The molecule has 1 atom stereocenters. The molecule has 1 fully saturated rings. The van der Waals surface area contributed by atoms with Crippen molar-refractivity contribution in [2.45, 2.75) is 51.5 Å². The molecule has 1 amide bonds. The van der Waals surface area contributed by atoms with Gasteiger partial charge in [0, 0.05) is 6.04 Å². The molecule has 0 spiro atoms. The molecular formula is C11H22N2O. The van der Waals surface area contributed by atoms with Gasteiger partial charge in [-0.3, -0.25) is 4.79 Å². The SMILES string of the molecule is C[C@@H](NC(=O)CN)C1CCCCCC1. The Morgan fingerprint density at radius 2 is 1.93 bits per heavy atom. The molecule has 0 aromatic heterocycles. The zero-order valence-electron chi connectivity index (χ0n) is 9.09. The molecule has 1 aliphatic rings. The fraction of sp³-hybridized carbons (Fsp3) is 0.909. The van der Waals surface area contributed by atoms with Crippen LogP contribution in [-0.2, 0) is 4.79 Å². The minimum atomic E-state index is -0.0262. The minimum Gasteiger partial charge on any atom is -0.352 e. The van der Waals surface area contributed by atoms with E-state index in [1.807, 2.05) is 0 Å².